The molecule has 11 heteroatoms. The highest BCUT2D eigenvalue weighted by Crippen LogP contribution is 2.23. The summed E-state index contributed by atoms with van der Waals surface area (Å²) in [6.45, 7) is 5.69. The Morgan fingerprint density at radius 3 is 2.41 bits per heavy atom. The molecule has 0 unspecified atom stereocenters. The first-order valence-corrected chi connectivity index (χ1v) is 11.8. The van der Waals surface area contributed by atoms with Crippen molar-refractivity contribution in [1.82, 2.24) is 20.3 Å². The fourth-order valence-corrected chi connectivity index (χ4v) is 3.56. The largest absolute Gasteiger partial charge is 0.466 e. The third-order valence-corrected chi connectivity index (χ3v) is 5.43. The molecule has 1 aromatic carbocycles. The zero-order valence-electron chi connectivity index (χ0n) is 21.0. The number of ether oxygens (including phenoxy) is 2. The molecular formula is C26H30N6O5. The minimum Gasteiger partial charge on any atom is -0.466 e. The van der Waals surface area contributed by atoms with Crippen molar-refractivity contribution in [2.75, 3.05) is 24.7 Å². The Bertz CT molecular complexity index is 1320. The van der Waals surface area contributed by atoms with Gasteiger partial charge < -0.3 is 26.3 Å². The van der Waals surface area contributed by atoms with Crippen molar-refractivity contribution >= 4 is 52.3 Å². The van der Waals surface area contributed by atoms with E-state index in [1.165, 1.54) is 0 Å². The van der Waals surface area contributed by atoms with Crippen LogP contribution in [0.3, 0.4) is 0 Å². The number of nitrogens with one attached hydrogen (secondary N) is 1. The lowest BCUT2D eigenvalue weighted by Gasteiger charge is -2.17. The molecule has 0 bridgehead atoms. The van der Waals surface area contributed by atoms with Crippen LogP contribution in [-0.4, -0.2) is 52.1 Å². The summed E-state index contributed by atoms with van der Waals surface area (Å²) >= 11 is 0. The van der Waals surface area contributed by atoms with Gasteiger partial charge in [-0.05, 0) is 62.1 Å². The SMILES string of the molecule is CCOC(=O)CC[C@H](NC(=O)c1ccc(C=C(C)c2cnc3nc(N)nc(N)c3c2)cc1)C(=O)OCC. The van der Waals surface area contributed by atoms with Crippen LogP contribution < -0.4 is 16.8 Å². The number of benzene rings is 1. The van der Waals surface area contributed by atoms with Crippen molar-refractivity contribution in [3.05, 3.63) is 53.2 Å². The standard InChI is InChI=1S/C26H30N6O5/c1-4-36-21(33)11-10-20(25(35)37-5-2)30-24(34)17-8-6-16(7-9-17)12-15(3)18-13-19-22(27)31-26(28)32-23(19)29-14-18/h6-9,12-14,20H,4-5,10-11H2,1-3H3,(H,30,34)(H4,27,28,29,31,32)/t20-/m0/s1. The van der Waals surface area contributed by atoms with Gasteiger partial charge in [-0.2, -0.15) is 9.97 Å². The molecule has 3 rings (SSSR count). The summed E-state index contributed by atoms with van der Waals surface area (Å²) in [6.07, 6.45) is 3.66. The molecule has 5 N–H and O–H groups in total. The molecule has 0 saturated heterocycles. The molecule has 0 aliphatic carbocycles. The van der Waals surface area contributed by atoms with E-state index in [0.29, 0.717) is 16.6 Å². The molecule has 0 saturated carbocycles. The van der Waals surface area contributed by atoms with Gasteiger partial charge in [0.1, 0.15) is 11.9 Å². The van der Waals surface area contributed by atoms with Gasteiger partial charge in [-0.1, -0.05) is 18.2 Å². The number of nitrogen functional groups attached to an aromatic ring is 2. The third kappa shape index (κ3) is 7.23. The van der Waals surface area contributed by atoms with Gasteiger partial charge in [0.25, 0.3) is 5.91 Å². The fraction of sp³-hybridized carbons (Fsp3) is 0.308. The van der Waals surface area contributed by atoms with Crippen molar-refractivity contribution in [3.63, 3.8) is 0 Å². The Morgan fingerprint density at radius 2 is 1.73 bits per heavy atom. The number of pyridine rings is 1. The number of esters is 2. The second kappa shape index (κ2) is 12.4. The summed E-state index contributed by atoms with van der Waals surface area (Å²) in [5.74, 6) is -1.19. The molecule has 2 heterocycles. The van der Waals surface area contributed by atoms with Crippen molar-refractivity contribution in [3.8, 4) is 0 Å². The van der Waals surface area contributed by atoms with E-state index in [4.69, 9.17) is 20.9 Å². The number of rotatable bonds is 10. The molecule has 0 fully saturated rings. The average molecular weight is 507 g/mol. The minimum atomic E-state index is -0.967. The molecule has 0 aliphatic heterocycles. The lowest BCUT2D eigenvalue weighted by atomic mass is 10.0. The number of nitrogens with zero attached hydrogens (tertiary/aromatic N) is 3. The van der Waals surface area contributed by atoms with Crippen LogP contribution in [0.4, 0.5) is 11.8 Å². The molecule has 2 aromatic heterocycles. The quantitative estimate of drug-likeness (QED) is 0.347. The zero-order valence-corrected chi connectivity index (χ0v) is 21.0. The first kappa shape index (κ1) is 27.1. The number of nitrogens with two attached hydrogens (primary N) is 2. The monoisotopic (exact) mass is 506 g/mol. The number of carbonyl (C=O) groups excluding carboxylic acids is 3. The second-order valence-electron chi connectivity index (χ2n) is 8.13. The topological polar surface area (TPSA) is 172 Å². The lowest BCUT2D eigenvalue weighted by molar-refractivity contribution is -0.146. The maximum atomic E-state index is 12.8. The molecule has 3 aromatic rings. The molecule has 1 atom stereocenters. The van der Waals surface area contributed by atoms with Crippen LogP contribution >= 0.6 is 0 Å². The van der Waals surface area contributed by atoms with E-state index in [2.05, 4.69) is 20.3 Å². The van der Waals surface area contributed by atoms with E-state index in [1.54, 1.807) is 44.3 Å². The van der Waals surface area contributed by atoms with E-state index < -0.39 is 23.9 Å². The van der Waals surface area contributed by atoms with Crippen LogP contribution in [0, 0.1) is 0 Å². The minimum absolute atomic E-state index is 0.0185. The summed E-state index contributed by atoms with van der Waals surface area (Å²) in [5.41, 5.74) is 14.9. The molecule has 37 heavy (non-hydrogen) atoms. The van der Waals surface area contributed by atoms with Gasteiger partial charge in [0.05, 0.1) is 18.6 Å². The van der Waals surface area contributed by atoms with Crippen molar-refractivity contribution in [2.24, 2.45) is 0 Å². The summed E-state index contributed by atoms with van der Waals surface area (Å²) in [4.78, 5) is 49.1. The van der Waals surface area contributed by atoms with E-state index in [1.807, 2.05) is 19.1 Å². The number of anilines is 2. The van der Waals surface area contributed by atoms with Crippen molar-refractivity contribution in [2.45, 2.75) is 39.7 Å². The van der Waals surface area contributed by atoms with Crippen LogP contribution in [-0.2, 0) is 19.1 Å². The van der Waals surface area contributed by atoms with Crippen molar-refractivity contribution in [1.29, 1.82) is 0 Å². The summed E-state index contributed by atoms with van der Waals surface area (Å²) in [5, 5.41) is 3.25. The van der Waals surface area contributed by atoms with E-state index in [-0.39, 0.29) is 37.8 Å². The molecule has 11 nitrogen and oxygen atoms in total. The lowest BCUT2D eigenvalue weighted by Crippen LogP contribution is -2.42. The van der Waals surface area contributed by atoms with Gasteiger partial charge in [0.15, 0.2) is 5.65 Å². The predicted molar refractivity (Wildman–Crippen MR) is 140 cm³/mol. The molecule has 0 aliphatic rings. The first-order chi connectivity index (χ1) is 17.7. The fourth-order valence-electron chi connectivity index (χ4n) is 3.56. The maximum Gasteiger partial charge on any atom is 0.328 e. The van der Waals surface area contributed by atoms with Gasteiger partial charge in [0, 0.05) is 18.2 Å². The maximum absolute atomic E-state index is 12.8. The zero-order chi connectivity index (χ0) is 26.9. The Kier molecular flexibility index (Phi) is 9.09. The van der Waals surface area contributed by atoms with E-state index in [0.717, 1.165) is 16.7 Å². The first-order valence-electron chi connectivity index (χ1n) is 11.8. The van der Waals surface area contributed by atoms with E-state index in [9.17, 15) is 14.4 Å². The smallest absolute Gasteiger partial charge is 0.328 e. The average Bonchev–Trinajstić information content (AvgIpc) is 2.86. The number of hydrogen-bond acceptors (Lipinski definition) is 10. The Labute approximate surface area is 214 Å². The summed E-state index contributed by atoms with van der Waals surface area (Å²) in [6, 6.07) is 7.73. The van der Waals surface area contributed by atoms with Crippen molar-refractivity contribution < 1.29 is 23.9 Å². The van der Waals surface area contributed by atoms with Gasteiger partial charge >= 0.3 is 11.9 Å². The van der Waals surface area contributed by atoms with Crippen LogP contribution in [0.2, 0.25) is 0 Å². The van der Waals surface area contributed by atoms with E-state index >= 15 is 0 Å². The Hall–Kier alpha value is -4.54. The predicted octanol–water partition coefficient (Wildman–Crippen LogP) is 2.75. The molecule has 0 radical (unpaired) electrons. The van der Waals surface area contributed by atoms with Gasteiger partial charge in [0.2, 0.25) is 5.95 Å². The van der Waals surface area contributed by atoms with Gasteiger partial charge in [-0.15, -0.1) is 0 Å². The highest BCUT2D eigenvalue weighted by Gasteiger charge is 2.24. The van der Waals surface area contributed by atoms with Crippen LogP contribution in [0.15, 0.2) is 36.5 Å². The second-order valence-corrected chi connectivity index (χ2v) is 8.13. The van der Waals surface area contributed by atoms with Crippen LogP contribution in [0.5, 0.6) is 0 Å². The molecule has 194 valence electrons. The Balaban J connectivity index is 1.72. The molecular weight excluding hydrogens is 476 g/mol. The highest BCUT2D eigenvalue weighted by molar-refractivity contribution is 5.97. The molecule has 1 amide bonds. The third-order valence-electron chi connectivity index (χ3n) is 5.43. The highest BCUT2D eigenvalue weighted by atomic mass is 16.5. The number of allylic oxidation sites excluding steroid dienone is 1. The van der Waals surface area contributed by atoms with Crippen LogP contribution in [0.25, 0.3) is 22.7 Å². The summed E-state index contributed by atoms with van der Waals surface area (Å²) in [7, 11) is 0. The number of carbonyl (C=O) groups is 3. The Morgan fingerprint density at radius 1 is 1.03 bits per heavy atom. The van der Waals surface area contributed by atoms with Gasteiger partial charge in [-0.3, -0.25) is 9.59 Å². The summed E-state index contributed by atoms with van der Waals surface area (Å²) < 4.78 is 9.94. The number of hydrogen-bond donors (Lipinski definition) is 3. The molecule has 0 spiro atoms. The number of aromatic nitrogens is 3. The van der Waals surface area contributed by atoms with Gasteiger partial charge in [-0.25, -0.2) is 9.78 Å². The number of fused-ring (bicyclic) bond motifs is 1. The normalized spacial score (nSPS) is 12.1. The van der Waals surface area contributed by atoms with Crippen LogP contribution in [0.1, 0.15) is 55.1 Å². The number of amides is 1.